The number of benzene rings is 2. The molecule has 0 heterocycles. The maximum absolute atomic E-state index is 13.7. The highest BCUT2D eigenvalue weighted by atomic mass is 79.9. The smallest absolute Gasteiger partial charge is 0.184 e. The molecule has 2 aromatic rings. The number of nitrogen functional groups attached to an aromatic ring is 1. The summed E-state index contributed by atoms with van der Waals surface area (Å²) in [5.74, 6) is -2.08. The molecule has 7 heteroatoms. The van der Waals surface area contributed by atoms with E-state index in [0.717, 1.165) is 6.07 Å². The van der Waals surface area contributed by atoms with Gasteiger partial charge in [0.25, 0.3) is 0 Å². The van der Waals surface area contributed by atoms with Crippen LogP contribution in [0.4, 0.5) is 25.8 Å². The summed E-state index contributed by atoms with van der Waals surface area (Å²) in [6, 6.07) is 5.41. The summed E-state index contributed by atoms with van der Waals surface area (Å²) in [5, 5.41) is 3.09. The van der Waals surface area contributed by atoms with Crippen LogP contribution in [0.1, 0.15) is 0 Å². The van der Waals surface area contributed by atoms with Gasteiger partial charge in [-0.2, -0.15) is 0 Å². The summed E-state index contributed by atoms with van der Waals surface area (Å²) >= 11 is 15.2. The standard InChI is InChI=1S/C12H7BrCl2F2N2/c13-5-1-4-8(10(15)9(5)14)19-12-7(18)3-2-6(16)11(12)17/h1-4,19H,18H2. The normalized spacial score (nSPS) is 10.6. The SMILES string of the molecule is Nc1ccc(F)c(F)c1Nc1ccc(Br)c(Cl)c1Cl. The summed E-state index contributed by atoms with van der Waals surface area (Å²) < 4.78 is 27.4. The second-order valence-corrected chi connectivity index (χ2v) is 5.28. The van der Waals surface area contributed by atoms with Gasteiger partial charge in [0.1, 0.15) is 5.69 Å². The number of hydrogen-bond acceptors (Lipinski definition) is 2. The third kappa shape index (κ3) is 2.78. The Labute approximate surface area is 126 Å². The van der Waals surface area contributed by atoms with E-state index in [9.17, 15) is 8.78 Å². The first kappa shape index (κ1) is 14.4. The molecule has 0 bridgehead atoms. The molecule has 0 radical (unpaired) electrons. The van der Waals surface area contributed by atoms with E-state index < -0.39 is 11.6 Å². The van der Waals surface area contributed by atoms with Gasteiger partial charge in [-0.1, -0.05) is 23.2 Å². The molecule has 0 unspecified atom stereocenters. The van der Waals surface area contributed by atoms with Gasteiger partial charge in [0, 0.05) is 4.47 Å². The number of rotatable bonds is 2. The Kier molecular flexibility index (Phi) is 4.18. The molecular formula is C12H7BrCl2F2N2. The quantitative estimate of drug-likeness (QED) is 0.553. The molecule has 100 valence electrons. The first-order valence-corrected chi connectivity index (χ1v) is 6.60. The Morgan fingerprint density at radius 1 is 1.05 bits per heavy atom. The molecule has 3 N–H and O–H groups in total. The lowest BCUT2D eigenvalue weighted by Gasteiger charge is -2.13. The summed E-state index contributed by atoms with van der Waals surface area (Å²) in [5.41, 5.74) is 5.81. The van der Waals surface area contributed by atoms with Crippen molar-refractivity contribution in [2.24, 2.45) is 0 Å². The van der Waals surface area contributed by atoms with E-state index in [1.54, 1.807) is 12.1 Å². The number of anilines is 3. The number of hydrogen-bond donors (Lipinski definition) is 2. The van der Waals surface area contributed by atoms with E-state index in [2.05, 4.69) is 21.2 Å². The van der Waals surface area contributed by atoms with Crippen molar-refractivity contribution in [2.75, 3.05) is 11.1 Å². The highest BCUT2D eigenvalue weighted by molar-refractivity contribution is 9.10. The lowest BCUT2D eigenvalue weighted by Crippen LogP contribution is -2.02. The Morgan fingerprint density at radius 3 is 2.42 bits per heavy atom. The average Bonchev–Trinajstić information content (AvgIpc) is 2.39. The lowest BCUT2D eigenvalue weighted by molar-refractivity contribution is 0.512. The second-order valence-electron chi connectivity index (χ2n) is 3.67. The van der Waals surface area contributed by atoms with Crippen molar-refractivity contribution in [3.8, 4) is 0 Å². The first-order chi connectivity index (χ1) is 8.91. The van der Waals surface area contributed by atoms with Crippen molar-refractivity contribution >= 4 is 56.2 Å². The van der Waals surface area contributed by atoms with E-state index in [1.807, 2.05) is 0 Å². The van der Waals surface area contributed by atoms with Crippen LogP contribution in [0.15, 0.2) is 28.7 Å². The van der Waals surface area contributed by atoms with Crippen LogP contribution in [0.25, 0.3) is 0 Å². The Bertz CT molecular complexity index is 650. The highest BCUT2D eigenvalue weighted by Crippen LogP contribution is 2.38. The third-order valence-corrected chi connectivity index (χ3v) is 4.19. The van der Waals surface area contributed by atoms with Gasteiger partial charge >= 0.3 is 0 Å². The number of nitrogens with two attached hydrogens (primary N) is 1. The highest BCUT2D eigenvalue weighted by Gasteiger charge is 2.15. The van der Waals surface area contributed by atoms with E-state index in [-0.39, 0.29) is 21.4 Å². The minimum absolute atomic E-state index is 0.0639. The van der Waals surface area contributed by atoms with Crippen LogP contribution in [0.5, 0.6) is 0 Å². The molecular weight excluding hydrogens is 361 g/mol. The maximum Gasteiger partial charge on any atom is 0.184 e. The van der Waals surface area contributed by atoms with Gasteiger partial charge in [0.15, 0.2) is 11.6 Å². The minimum atomic E-state index is -1.07. The molecule has 0 aliphatic rings. The predicted octanol–water partition coefficient (Wildman–Crippen LogP) is 5.36. The fourth-order valence-electron chi connectivity index (χ4n) is 1.45. The zero-order valence-electron chi connectivity index (χ0n) is 9.28. The molecule has 0 saturated carbocycles. The van der Waals surface area contributed by atoms with Crippen molar-refractivity contribution in [3.05, 3.63) is 50.4 Å². The predicted molar refractivity (Wildman–Crippen MR) is 78.2 cm³/mol. The first-order valence-electron chi connectivity index (χ1n) is 5.05. The lowest BCUT2D eigenvalue weighted by atomic mass is 10.2. The van der Waals surface area contributed by atoms with Crippen molar-refractivity contribution in [3.63, 3.8) is 0 Å². The molecule has 0 aliphatic carbocycles. The van der Waals surface area contributed by atoms with Gasteiger partial charge in [-0.15, -0.1) is 0 Å². The zero-order valence-corrected chi connectivity index (χ0v) is 12.4. The molecule has 2 aromatic carbocycles. The Hall–Kier alpha value is -1.04. The van der Waals surface area contributed by atoms with Gasteiger partial charge in [0.05, 0.1) is 21.4 Å². The molecule has 0 saturated heterocycles. The topological polar surface area (TPSA) is 38.0 Å². The molecule has 2 nitrogen and oxygen atoms in total. The van der Waals surface area contributed by atoms with Crippen LogP contribution in [-0.4, -0.2) is 0 Å². The van der Waals surface area contributed by atoms with Crippen LogP contribution < -0.4 is 11.1 Å². The molecule has 2 rings (SSSR count). The van der Waals surface area contributed by atoms with Gasteiger partial charge in [-0.25, -0.2) is 8.78 Å². The molecule has 0 spiro atoms. The average molecular weight is 368 g/mol. The van der Waals surface area contributed by atoms with Crippen molar-refractivity contribution in [2.45, 2.75) is 0 Å². The monoisotopic (exact) mass is 366 g/mol. The van der Waals surface area contributed by atoms with E-state index >= 15 is 0 Å². The fraction of sp³-hybridized carbons (Fsp3) is 0. The second kappa shape index (κ2) is 5.53. The van der Waals surface area contributed by atoms with E-state index in [4.69, 9.17) is 28.9 Å². The van der Waals surface area contributed by atoms with Crippen molar-refractivity contribution in [1.29, 1.82) is 0 Å². The van der Waals surface area contributed by atoms with Crippen LogP contribution in [0.3, 0.4) is 0 Å². The number of nitrogens with one attached hydrogen (secondary N) is 1. The Morgan fingerprint density at radius 2 is 1.74 bits per heavy atom. The van der Waals surface area contributed by atoms with Crippen LogP contribution in [-0.2, 0) is 0 Å². The zero-order chi connectivity index (χ0) is 14.2. The Balaban J connectivity index is 2.48. The van der Waals surface area contributed by atoms with Crippen LogP contribution >= 0.6 is 39.1 Å². The van der Waals surface area contributed by atoms with Gasteiger partial charge in [-0.05, 0) is 40.2 Å². The van der Waals surface area contributed by atoms with Crippen LogP contribution in [0.2, 0.25) is 10.0 Å². The largest absolute Gasteiger partial charge is 0.397 e. The van der Waals surface area contributed by atoms with Gasteiger partial charge in [0.2, 0.25) is 0 Å². The molecule has 0 amide bonds. The molecule has 19 heavy (non-hydrogen) atoms. The summed E-state index contributed by atoms with van der Waals surface area (Å²) in [6.45, 7) is 0. The van der Waals surface area contributed by atoms with Gasteiger partial charge in [-0.3, -0.25) is 0 Å². The summed E-state index contributed by atoms with van der Waals surface area (Å²) in [4.78, 5) is 0. The van der Waals surface area contributed by atoms with Crippen molar-refractivity contribution in [1.82, 2.24) is 0 Å². The molecule has 0 aromatic heterocycles. The molecule has 0 fully saturated rings. The van der Waals surface area contributed by atoms with E-state index in [0.29, 0.717) is 10.2 Å². The molecule has 0 aliphatic heterocycles. The fourth-order valence-corrected chi connectivity index (χ4v) is 2.27. The van der Waals surface area contributed by atoms with Crippen LogP contribution in [0, 0.1) is 11.6 Å². The number of halogens is 5. The third-order valence-electron chi connectivity index (χ3n) is 2.42. The molecule has 0 atom stereocenters. The summed E-state index contributed by atoms with van der Waals surface area (Å²) in [6.07, 6.45) is 0. The van der Waals surface area contributed by atoms with E-state index in [1.165, 1.54) is 6.07 Å². The van der Waals surface area contributed by atoms with Crippen molar-refractivity contribution < 1.29 is 8.78 Å². The minimum Gasteiger partial charge on any atom is -0.397 e. The summed E-state index contributed by atoms with van der Waals surface area (Å²) in [7, 11) is 0. The van der Waals surface area contributed by atoms with Gasteiger partial charge < -0.3 is 11.1 Å². The maximum atomic E-state index is 13.7.